The van der Waals surface area contributed by atoms with Crippen molar-refractivity contribution >= 4 is 44.4 Å². The van der Waals surface area contributed by atoms with Gasteiger partial charge in [-0.15, -0.1) is 0 Å². The summed E-state index contributed by atoms with van der Waals surface area (Å²) in [4.78, 5) is 0.0955. The van der Waals surface area contributed by atoms with Crippen LogP contribution >= 0.6 is 23.3 Å². The molecule has 1 aromatic heterocycles. The van der Waals surface area contributed by atoms with E-state index in [4.69, 9.17) is 11.6 Å². The van der Waals surface area contributed by atoms with Gasteiger partial charge in [0.15, 0.2) is 0 Å². The van der Waals surface area contributed by atoms with E-state index in [1.807, 2.05) is 0 Å². The molecule has 0 spiro atoms. The van der Waals surface area contributed by atoms with E-state index in [1.54, 1.807) is 18.2 Å². The van der Waals surface area contributed by atoms with Gasteiger partial charge in [0.25, 0.3) is 0 Å². The molecule has 0 aliphatic heterocycles. The largest absolute Gasteiger partial charge is 0.245 e. The molecule has 0 unspecified atom stereocenters. The first-order valence-electron chi connectivity index (χ1n) is 7.64. The van der Waals surface area contributed by atoms with E-state index in [-0.39, 0.29) is 28.1 Å². The molecule has 3 aromatic rings. The van der Waals surface area contributed by atoms with Gasteiger partial charge in [-0.25, -0.2) is 12.8 Å². The summed E-state index contributed by atoms with van der Waals surface area (Å²) in [5.41, 5.74) is 1.06. The lowest BCUT2D eigenvalue weighted by molar-refractivity contribution is 0.392. The maximum Gasteiger partial charge on any atom is 0.245 e. The van der Waals surface area contributed by atoms with E-state index >= 15 is 0 Å². The van der Waals surface area contributed by atoms with E-state index in [0.29, 0.717) is 11.0 Å². The maximum atomic E-state index is 14.2. The van der Waals surface area contributed by atoms with Gasteiger partial charge in [-0.1, -0.05) is 23.7 Å². The van der Waals surface area contributed by atoms with Crippen LogP contribution in [0.3, 0.4) is 0 Å². The molecule has 0 bridgehead atoms. The minimum absolute atomic E-state index is 0.0955. The van der Waals surface area contributed by atoms with Crippen molar-refractivity contribution in [3.8, 4) is 0 Å². The molecule has 1 saturated carbocycles. The summed E-state index contributed by atoms with van der Waals surface area (Å²) in [5.74, 6) is -0.512. The molecule has 0 atom stereocenters. The van der Waals surface area contributed by atoms with Crippen LogP contribution in [0.4, 0.5) is 4.39 Å². The second kappa shape index (κ2) is 6.28. The quantitative estimate of drug-likeness (QED) is 0.656. The first-order valence-corrected chi connectivity index (χ1v) is 10.2. The number of fused-ring (bicyclic) bond motifs is 1. The molecule has 0 saturated heterocycles. The van der Waals surface area contributed by atoms with Crippen LogP contribution in [0.25, 0.3) is 11.0 Å². The van der Waals surface area contributed by atoms with Gasteiger partial charge >= 0.3 is 0 Å². The predicted octanol–water partition coefficient (Wildman–Crippen LogP) is 3.84. The van der Waals surface area contributed by atoms with E-state index < -0.39 is 15.8 Å². The van der Waals surface area contributed by atoms with Crippen molar-refractivity contribution in [3.05, 3.63) is 52.8 Å². The Morgan fingerprint density at radius 3 is 2.68 bits per heavy atom. The number of halogens is 2. The molecule has 0 radical (unpaired) electrons. The topological polar surface area (TPSA) is 63.2 Å². The molecule has 1 aliphatic rings. The van der Waals surface area contributed by atoms with Gasteiger partial charge in [0.1, 0.15) is 21.7 Å². The highest BCUT2D eigenvalue weighted by Gasteiger charge is 2.39. The van der Waals surface area contributed by atoms with Crippen LogP contribution in [-0.2, 0) is 16.6 Å². The summed E-state index contributed by atoms with van der Waals surface area (Å²) in [5, 5.41) is 0.217. The van der Waals surface area contributed by atoms with Crippen LogP contribution in [-0.4, -0.2) is 27.5 Å². The molecular formula is C16H13ClFN3O2S2. The Labute approximate surface area is 153 Å². The highest BCUT2D eigenvalue weighted by molar-refractivity contribution is 7.89. The number of hydrogen-bond acceptors (Lipinski definition) is 5. The molecule has 9 heteroatoms. The molecule has 1 fully saturated rings. The minimum atomic E-state index is -3.85. The number of rotatable bonds is 5. The van der Waals surface area contributed by atoms with E-state index in [1.165, 1.54) is 22.5 Å². The Balaban J connectivity index is 1.80. The van der Waals surface area contributed by atoms with Crippen LogP contribution in [0.2, 0.25) is 5.02 Å². The Kier molecular flexibility index (Phi) is 4.23. The molecule has 130 valence electrons. The SMILES string of the molecule is O=S(=O)(c1cccc2nsnc12)N(Cc1c(F)cccc1Cl)C1CC1. The standard InChI is InChI=1S/C16H13ClFN3O2S2/c17-12-3-1-4-13(18)11(12)9-21(10-7-8-10)25(22,23)15-6-2-5-14-16(15)20-24-19-14/h1-6,10H,7-9H2. The van der Waals surface area contributed by atoms with Gasteiger partial charge in [-0.05, 0) is 37.1 Å². The van der Waals surface area contributed by atoms with Crippen LogP contribution in [0.1, 0.15) is 18.4 Å². The van der Waals surface area contributed by atoms with Gasteiger partial charge < -0.3 is 0 Å². The van der Waals surface area contributed by atoms with Crippen LogP contribution in [0.15, 0.2) is 41.3 Å². The highest BCUT2D eigenvalue weighted by Crippen LogP contribution is 2.36. The monoisotopic (exact) mass is 397 g/mol. The highest BCUT2D eigenvalue weighted by atomic mass is 35.5. The average Bonchev–Trinajstić information content (AvgIpc) is 3.29. The van der Waals surface area contributed by atoms with Crippen molar-refractivity contribution in [2.75, 3.05) is 0 Å². The number of nitrogens with zero attached hydrogens (tertiary/aromatic N) is 3. The fourth-order valence-electron chi connectivity index (χ4n) is 2.73. The molecule has 0 N–H and O–H groups in total. The van der Waals surface area contributed by atoms with Gasteiger partial charge in [0.05, 0.1) is 11.7 Å². The lowest BCUT2D eigenvalue weighted by Gasteiger charge is -2.23. The van der Waals surface area contributed by atoms with Crippen molar-refractivity contribution in [1.29, 1.82) is 0 Å². The number of aromatic nitrogens is 2. The molecule has 0 amide bonds. The van der Waals surface area contributed by atoms with Gasteiger partial charge in [-0.2, -0.15) is 13.1 Å². The smallest absolute Gasteiger partial charge is 0.207 e. The number of hydrogen-bond donors (Lipinski definition) is 0. The van der Waals surface area contributed by atoms with Crippen molar-refractivity contribution in [3.63, 3.8) is 0 Å². The summed E-state index contributed by atoms with van der Waals surface area (Å²) >= 11 is 7.05. The zero-order chi connectivity index (χ0) is 17.6. The third kappa shape index (κ3) is 3.03. The molecule has 5 nitrogen and oxygen atoms in total. The van der Waals surface area contributed by atoms with Crippen molar-refractivity contribution in [2.24, 2.45) is 0 Å². The summed E-state index contributed by atoms with van der Waals surface area (Å²) < 4.78 is 50.2. The fraction of sp³-hybridized carbons (Fsp3) is 0.250. The number of sulfonamides is 1. The van der Waals surface area contributed by atoms with Crippen molar-refractivity contribution in [1.82, 2.24) is 13.1 Å². The van der Waals surface area contributed by atoms with E-state index in [9.17, 15) is 12.8 Å². The maximum absolute atomic E-state index is 14.2. The lowest BCUT2D eigenvalue weighted by atomic mass is 10.2. The minimum Gasteiger partial charge on any atom is -0.207 e. The summed E-state index contributed by atoms with van der Waals surface area (Å²) in [6.07, 6.45) is 1.49. The Hall–Kier alpha value is -1.61. The molecule has 4 rings (SSSR count). The Morgan fingerprint density at radius 2 is 1.96 bits per heavy atom. The molecule has 1 aliphatic carbocycles. The van der Waals surface area contributed by atoms with Crippen LogP contribution in [0.5, 0.6) is 0 Å². The zero-order valence-corrected chi connectivity index (χ0v) is 15.3. The first kappa shape index (κ1) is 16.8. The third-order valence-electron chi connectivity index (χ3n) is 4.17. The fourth-order valence-corrected chi connectivity index (χ4v) is 5.36. The second-order valence-corrected chi connectivity index (χ2v) is 8.66. The molecule has 2 aromatic carbocycles. The molecular weight excluding hydrogens is 385 g/mol. The second-order valence-electron chi connectivity index (χ2n) is 5.87. The van der Waals surface area contributed by atoms with E-state index in [0.717, 1.165) is 24.6 Å². The lowest BCUT2D eigenvalue weighted by Crippen LogP contribution is -2.33. The van der Waals surface area contributed by atoms with Crippen LogP contribution < -0.4 is 0 Å². The van der Waals surface area contributed by atoms with Crippen molar-refractivity contribution in [2.45, 2.75) is 30.3 Å². The first-order chi connectivity index (χ1) is 12.0. The summed E-state index contributed by atoms with van der Waals surface area (Å²) in [7, 11) is -3.85. The van der Waals surface area contributed by atoms with Gasteiger partial charge in [-0.3, -0.25) is 0 Å². The molecule has 25 heavy (non-hydrogen) atoms. The van der Waals surface area contributed by atoms with Crippen molar-refractivity contribution < 1.29 is 12.8 Å². The van der Waals surface area contributed by atoms with Gasteiger partial charge in [0.2, 0.25) is 10.0 Å². The summed E-state index contributed by atoms with van der Waals surface area (Å²) in [6.45, 7) is -0.105. The summed E-state index contributed by atoms with van der Waals surface area (Å²) in [6, 6.07) is 9.05. The third-order valence-corrected chi connectivity index (χ3v) is 6.99. The van der Waals surface area contributed by atoms with Gasteiger partial charge in [0, 0.05) is 23.2 Å². The number of benzene rings is 2. The van der Waals surface area contributed by atoms with E-state index in [2.05, 4.69) is 8.75 Å². The zero-order valence-electron chi connectivity index (χ0n) is 12.9. The predicted molar refractivity (Wildman–Crippen MR) is 94.6 cm³/mol. The van der Waals surface area contributed by atoms with Crippen LogP contribution in [0, 0.1) is 5.82 Å². The Morgan fingerprint density at radius 1 is 1.20 bits per heavy atom. The normalized spacial score (nSPS) is 15.2. The Bertz CT molecular complexity index is 1030. The average molecular weight is 398 g/mol. The molecule has 1 heterocycles.